The summed E-state index contributed by atoms with van der Waals surface area (Å²) in [4.78, 5) is 14.0. The Morgan fingerprint density at radius 2 is 2.25 bits per heavy atom. The number of amides is 1. The summed E-state index contributed by atoms with van der Waals surface area (Å²) in [5.74, 6) is 1.17. The SMILES string of the molecule is CC1CCCN(C(=O)c2ccc(Br)o2)CC1. The molecule has 0 N–H and O–H groups in total. The van der Waals surface area contributed by atoms with Crippen LogP contribution < -0.4 is 0 Å². The van der Waals surface area contributed by atoms with Crippen LogP contribution in [0.25, 0.3) is 0 Å². The first-order valence-electron chi connectivity index (χ1n) is 5.71. The summed E-state index contributed by atoms with van der Waals surface area (Å²) in [7, 11) is 0. The van der Waals surface area contributed by atoms with Gasteiger partial charge in [0.25, 0.3) is 5.91 Å². The van der Waals surface area contributed by atoms with Gasteiger partial charge in [0, 0.05) is 13.1 Å². The third-order valence-corrected chi connectivity index (χ3v) is 3.51. The van der Waals surface area contributed by atoms with E-state index in [-0.39, 0.29) is 5.91 Å². The van der Waals surface area contributed by atoms with Gasteiger partial charge in [0.1, 0.15) is 0 Å². The second-order valence-corrected chi connectivity index (χ2v) is 5.21. The molecule has 0 aliphatic carbocycles. The van der Waals surface area contributed by atoms with E-state index in [0.717, 1.165) is 31.8 Å². The molecule has 1 fully saturated rings. The van der Waals surface area contributed by atoms with Crippen LogP contribution >= 0.6 is 15.9 Å². The predicted molar refractivity (Wildman–Crippen MR) is 65.3 cm³/mol. The largest absolute Gasteiger partial charge is 0.444 e. The highest BCUT2D eigenvalue weighted by atomic mass is 79.9. The number of hydrogen-bond acceptors (Lipinski definition) is 2. The van der Waals surface area contributed by atoms with Crippen molar-refractivity contribution in [2.24, 2.45) is 5.92 Å². The molecule has 88 valence electrons. The Balaban J connectivity index is 2.04. The molecule has 0 saturated carbocycles. The van der Waals surface area contributed by atoms with E-state index in [1.807, 2.05) is 4.90 Å². The number of halogens is 1. The Bertz CT molecular complexity index is 375. The molecule has 1 unspecified atom stereocenters. The molecular formula is C12H16BrNO2. The highest BCUT2D eigenvalue weighted by molar-refractivity contribution is 9.10. The van der Waals surface area contributed by atoms with Gasteiger partial charge in [-0.1, -0.05) is 6.92 Å². The summed E-state index contributed by atoms with van der Waals surface area (Å²) in [6, 6.07) is 3.48. The van der Waals surface area contributed by atoms with Gasteiger partial charge in [-0.3, -0.25) is 4.79 Å². The Morgan fingerprint density at radius 1 is 1.44 bits per heavy atom. The van der Waals surface area contributed by atoms with Crippen molar-refractivity contribution >= 4 is 21.8 Å². The molecule has 1 atom stereocenters. The van der Waals surface area contributed by atoms with Crippen molar-refractivity contribution < 1.29 is 9.21 Å². The van der Waals surface area contributed by atoms with Gasteiger partial charge in [-0.15, -0.1) is 0 Å². The monoisotopic (exact) mass is 285 g/mol. The Kier molecular flexibility index (Phi) is 3.69. The van der Waals surface area contributed by atoms with E-state index in [4.69, 9.17) is 4.42 Å². The maximum absolute atomic E-state index is 12.1. The molecule has 2 heterocycles. The van der Waals surface area contributed by atoms with Crippen LogP contribution in [0.15, 0.2) is 21.2 Å². The molecule has 4 heteroatoms. The third-order valence-electron chi connectivity index (χ3n) is 3.09. The average molecular weight is 286 g/mol. The molecule has 1 aliphatic rings. The van der Waals surface area contributed by atoms with Gasteiger partial charge >= 0.3 is 0 Å². The second-order valence-electron chi connectivity index (χ2n) is 4.43. The van der Waals surface area contributed by atoms with Crippen LogP contribution in [0, 0.1) is 5.92 Å². The summed E-state index contributed by atoms with van der Waals surface area (Å²) < 4.78 is 5.90. The van der Waals surface area contributed by atoms with E-state index in [9.17, 15) is 4.79 Å². The van der Waals surface area contributed by atoms with Crippen LogP contribution in [0.5, 0.6) is 0 Å². The minimum atomic E-state index is 0.0137. The number of hydrogen-bond donors (Lipinski definition) is 0. The lowest BCUT2D eigenvalue weighted by Gasteiger charge is -2.18. The fourth-order valence-corrected chi connectivity index (χ4v) is 2.36. The number of furan rings is 1. The highest BCUT2D eigenvalue weighted by Gasteiger charge is 2.21. The molecule has 1 aliphatic heterocycles. The summed E-state index contributed by atoms with van der Waals surface area (Å²) in [6.07, 6.45) is 3.40. The highest BCUT2D eigenvalue weighted by Crippen LogP contribution is 2.20. The molecule has 0 radical (unpaired) electrons. The van der Waals surface area contributed by atoms with Gasteiger partial charge < -0.3 is 9.32 Å². The first-order chi connectivity index (χ1) is 7.66. The number of nitrogens with zero attached hydrogens (tertiary/aromatic N) is 1. The maximum atomic E-state index is 12.1. The topological polar surface area (TPSA) is 33.5 Å². The molecule has 16 heavy (non-hydrogen) atoms. The predicted octanol–water partition coefficient (Wildman–Crippen LogP) is 3.30. The molecule has 3 nitrogen and oxygen atoms in total. The van der Waals surface area contributed by atoms with Crippen LogP contribution in [-0.4, -0.2) is 23.9 Å². The van der Waals surface area contributed by atoms with Gasteiger partial charge in [-0.25, -0.2) is 0 Å². The standard InChI is InChI=1S/C12H16BrNO2/c1-9-3-2-7-14(8-6-9)12(15)10-4-5-11(13)16-10/h4-5,9H,2-3,6-8H2,1H3. The molecule has 0 bridgehead atoms. The lowest BCUT2D eigenvalue weighted by molar-refractivity contribution is 0.0727. The third kappa shape index (κ3) is 2.67. The minimum absolute atomic E-state index is 0.0137. The Labute approximate surface area is 104 Å². The summed E-state index contributed by atoms with van der Waals surface area (Å²) in [5, 5.41) is 0. The number of carbonyl (C=O) groups is 1. The van der Waals surface area contributed by atoms with Crippen molar-refractivity contribution in [1.29, 1.82) is 0 Å². The first kappa shape index (κ1) is 11.7. The van der Waals surface area contributed by atoms with Crippen molar-refractivity contribution in [3.05, 3.63) is 22.6 Å². The first-order valence-corrected chi connectivity index (χ1v) is 6.50. The van der Waals surface area contributed by atoms with Gasteiger partial charge in [0.15, 0.2) is 10.4 Å². The zero-order valence-electron chi connectivity index (χ0n) is 9.41. The molecular weight excluding hydrogens is 270 g/mol. The van der Waals surface area contributed by atoms with Crippen LogP contribution in [-0.2, 0) is 0 Å². The van der Waals surface area contributed by atoms with E-state index < -0.39 is 0 Å². The van der Waals surface area contributed by atoms with Crippen LogP contribution in [0.2, 0.25) is 0 Å². The summed E-state index contributed by atoms with van der Waals surface area (Å²) >= 11 is 3.21. The molecule has 0 spiro atoms. The molecule has 1 amide bonds. The molecule has 0 aromatic carbocycles. The van der Waals surface area contributed by atoms with Crippen LogP contribution in [0.3, 0.4) is 0 Å². The quantitative estimate of drug-likeness (QED) is 0.793. The van der Waals surface area contributed by atoms with Gasteiger partial charge in [-0.05, 0) is 53.2 Å². The molecule has 1 saturated heterocycles. The van der Waals surface area contributed by atoms with Gasteiger partial charge in [0.2, 0.25) is 0 Å². The van der Waals surface area contributed by atoms with Crippen LogP contribution in [0.1, 0.15) is 36.7 Å². The smallest absolute Gasteiger partial charge is 0.289 e. The van der Waals surface area contributed by atoms with Gasteiger partial charge in [-0.2, -0.15) is 0 Å². The van der Waals surface area contributed by atoms with Crippen LogP contribution in [0.4, 0.5) is 0 Å². The zero-order chi connectivity index (χ0) is 11.5. The van der Waals surface area contributed by atoms with E-state index in [1.54, 1.807) is 12.1 Å². The van der Waals surface area contributed by atoms with Crippen molar-refractivity contribution in [2.45, 2.75) is 26.2 Å². The number of carbonyl (C=O) groups excluding carboxylic acids is 1. The van der Waals surface area contributed by atoms with Crippen molar-refractivity contribution in [2.75, 3.05) is 13.1 Å². The van der Waals surface area contributed by atoms with Crippen molar-refractivity contribution in [3.63, 3.8) is 0 Å². The average Bonchev–Trinajstić information content (AvgIpc) is 2.57. The fourth-order valence-electron chi connectivity index (χ4n) is 2.05. The Hall–Kier alpha value is -0.770. The minimum Gasteiger partial charge on any atom is -0.444 e. The van der Waals surface area contributed by atoms with E-state index in [0.29, 0.717) is 10.4 Å². The van der Waals surface area contributed by atoms with Gasteiger partial charge in [0.05, 0.1) is 0 Å². The lowest BCUT2D eigenvalue weighted by atomic mass is 10.0. The zero-order valence-corrected chi connectivity index (χ0v) is 11.0. The molecule has 1 aromatic rings. The number of likely N-dealkylation sites (tertiary alicyclic amines) is 1. The van der Waals surface area contributed by atoms with Crippen molar-refractivity contribution in [3.8, 4) is 0 Å². The molecule has 1 aromatic heterocycles. The maximum Gasteiger partial charge on any atom is 0.289 e. The summed E-state index contributed by atoms with van der Waals surface area (Å²) in [6.45, 7) is 3.94. The molecule has 2 rings (SSSR count). The van der Waals surface area contributed by atoms with E-state index in [2.05, 4.69) is 22.9 Å². The summed E-state index contributed by atoms with van der Waals surface area (Å²) in [5.41, 5.74) is 0. The fraction of sp³-hybridized carbons (Fsp3) is 0.583. The second kappa shape index (κ2) is 5.04. The van der Waals surface area contributed by atoms with E-state index in [1.165, 1.54) is 6.42 Å². The Morgan fingerprint density at radius 3 is 2.94 bits per heavy atom. The van der Waals surface area contributed by atoms with Crippen molar-refractivity contribution in [1.82, 2.24) is 4.90 Å². The lowest BCUT2D eigenvalue weighted by Crippen LogP contribution is -2.31. The van der Waals surface area contributed by atoms with E-state index >= 15 is 0 Å². The number of rotatable bonds is 1. The normalized spacial score (nSPS) is 21.9.